The zero-order valence-electron chi connectivity index (χ0n) is 9.78. The maximum absolute atomic E-state index is 11.0. The predicted octanol–water partition coefficient (Wildman–Crippen LogP) is 2.11. The number of allylic oxidation sites excluding steroid dienone is 2. The molecule has 0 aromatic heterocycles. The second-order valence-corrected chi connectivity index (χ2v) is 3.88. The fourth-order valence-corrected chi connectivity index (χ4v) is 1.38. The van der Waals surface area contributed by atoms with Gasteiger partial charge in [-0.25, -0.2) is 0 Å². The maximum atomic E-state index is 11.0. The van der Waals surface area contributed by atoms with Crippen LogP contribution in [0.1, 0.15) is 33.6 Å². The molecule has 4 heteroatoms. The van der Waals surface area contributed by atoms with E-state index in [0.717, 1.165) is 6.29 Å². The second kappa shape index (κ2) is 4.96. The van der Waals surface area contributed by atoms with Gasteiger partial charge in [0.2, 0.25) is 0 Å². The van der Waals surface area contributed by atoms with Crippen molar-refractivity contribution in [2.45, 2.75) is 39.2 Å². The monoisotopic (exact) mass is 224 g/mol. The Morgan fingerprint density at radius 2 is 2.38 bits per heavy atom. The van der Waals surface area contributed by atoms with E-state index < -0.39 is 5.60 Å². The van der Waals surface area contributed by atoms with E-state index in [4.69, 9.17) is 9.47 Å². The minimum absolute atomic E-state index is 0.385. The molecule has 1 heterocycles. The highest BCUT2D eigenvalue weighted by Gasteiger charge is 2.32. The van der Waals surface area contributed by atoms with E-state index in [1.165, 1.54) is 13.2 Å². The Bertz CT molecular complexity index is 354. The van der Waals surface area contributed by atoms with E-state index in [2.05, 4.69) is 0 Å². The Balaban J connectivity index is 2.98. The van der Waals surface area contributed by atoms with Crippen LogP contribution >= 0.6 is 0 Å². The van der Waals surface area contributed by atoms with Gasteiger partial charge in [-0.3, -0.25) is 9.59 Å². The summed E-state index contributed by atoms with van der Waals surface area (Å²) in [5, 5.41) is 0. The highest BCUT2D eigenvalue weighted by Crippen LogP contribution is 2.30. The number of esters is 1. The highest BCUT2D eigenvalue weighted by molar-refractivity contribution is 5.73. The van der Waals surface area contributed by atoms with E-state index in [9.17, 15) is 9.59 Å². The van der Waals surface area contributed by atoms with Crippen LogP contribution in [0, 0.1) is 0 Å². The van der Waals surface area contributed by atoms with Crippen LogP contribution in [-0.4, -0.2) is 17.9 Å². The SMILES string of the molecule is CC[C@]1(C)OC=C(C=O)CC=C1OC(C)=O. The van der Waals surface area contributed by atoms with Crippen molar-refractivity contribution in [2.75, 3.05) is 0 Å². The topological polar surface area (TPSA) is 52.6 Å². The molecule has 0 spiro atoms. The van der Waals surface area contributed by atoms with Crippen LogP contribution in [0.25, 0.3) is 0 Å². The molecule has 0 N–H and O–H groups in total. The summed E-state index contributed by atoms with van der Waals surface area (Å²) in [5.74, 6) is 0.0830. The Morgan fingerprint density at radius 3 is 2.88 bits per heavy atom. The predicted molar refractivity (Wildman–Crippen MR) is 58.4 cm³/mol. The Labute approximate surface area is 94.9 Å². The van der Waals surface area contributed by atoms with Gasteiger partial charge in [-0.15, -0.1) is 0 Å². The average Bonchev–Trinajstić information content (AvgIpc) is 2.40. The van der Waals surface area contributed by atoms with E-state index >= 15 is 0 Å². The third kappa shape index (κ3) is 2.72. The number of carbonyl (C=O) groups excluding carboxylic acids is 2. The number of rotatable bonds is 3. The van der Waals surface area contributed by atoms with Crippen molar-refractivity contribution in [3.8, 4) is 0 Å². The lowest BCUT2D eigenvalue weighted by Gasteiger charge is -2.28. The summed E-state index contributed by atoms with van der Waals surface area (Å²) in [7, 11) is 0. The molecule has 0 saturated heterocycles. The van der Waals surface area contributed by atoms with Gasteiger partial charge >= 0.3 is 5.97 Å². The molecule has 0 fully saturated rings. The van der Waals surface area contributed by atoms with E-state index in [-0.39, 0.29) is 5.97 Å². The first kappa shape index (κ1) is 12.5. The summed E-state index contributed by atoms with van der Waals surface area (Å²) >= 11 is 0. The smallest absolute Gasteiger partial charge is 0.307 e. The van der Waals surface area contributed by atoms with Crippen molar-refractivity contribution >= 4 is 12.3 Å². The Morgan fingerprint density at radius 1 is 1.69 bits per heavy atom. The third-order valence-corrected chi connectivity index (χ3v) is 2.59. The molecule has 0 amide bonds. The molecule has 1 rings (SSSR count). The van der Waals surface area contributed by atoms with Crippen LogP contribution in [0.15, 0.2) is 23.7 Å². The van der Waals surface area contributed by atoms with Crippen molar-refractivity contribution in [3.05, 3.63) is 23.7 Å². The molecule has 0 bridgehead atoms. The molecule has 0 aromatic rings. The van der Waals surface area contributed by atoms with Crippen molar-refractivity contribution < 1.29 is 19.1 Å². The third-order valence-electron chi connectivity index (χ3n) is 2.59. The second-order valence-electron chi connectivity index (χ2n) is 3.88. The molecule has 0 unspecified atom stereocenters. The fourth-order valence-electron chi connectivity index (χ4n) is 1.38. The summed E-state index contributed by atoms with van der Waals surface area (Å²) in [6, 6.07) is 0. The molecule has 16 heavy (non-hydrogen) atoms. The lowest BCUT2D eigenvalue weighted by atomic mass is 10.00. The minimum atomic E-state index is -0.684. The van der Waals surface area contributed by atoms with Crippen LogP contribution < -0.4 is 0 Å². The molecule has 0 saturated carbocycles. The molecule has 1 aliphatic heterocycles. The molecule has 0 radical (unpaired) electrons. The summed E-state index contributed by atoms with van der Waals surface area (Å²) in [5.41, 5.74) is -0.155. The molecule has 0 aromatic carbocycles. The summed E-state index contributed by atoms with van der Waals surface area (Å²) in [6.45, 7) is 5.10. The van der Waals surface area contributed by atoms with E-state index in [1.54, 1.807) is 6.08 Å². The molecule has 1 aliphatic rings. The minimum Gasteiger partial charge on any atom is -0.487 e. The molecular weight excluding hydrogens is 208 g/mol. The molecule has 0 aliphatic carbocycles. The van der Waals surface area contributed by atoms with Gasteiger partial charge in [0, 0.05) is 18.9 Å². The summed E-state index contributed by atoms with van der Waals surface area (Å²) in [6.07, 6.45) is 4.96. The molecule has 1 atom stereocenters. The van der Waals surface area contributed by atoms with Crippen LogP contribution in [0.5, 0.6) is 0 Å². The van der Waals surface area contributed by atoms with Gasteiger partial charge in [-0.2, -0.15) is 0 Å². The largest absolute Gasteiger partial charge is 0.487 e. The standard InChI is InChI=1S/C12H16O4/c1-4-12(3)11(16-9(2)14)6-5-10(7-13)8-15-12/h6-8H,4-5H2,1-3H3/t12-/m0/s1. The summed E-state index contributed by atoms with van der Waals surface area (Å²) < 4.78 is 10.6. The average molecular weight is 224 g/mol. The van der Waals surface area contributed by atoms with Crippen LogP contribution in [0.3, 0.4) is 0 Å². The van der Waals surface area contributed by atoms with Gasteiger partial charge in [0.25, 0.3) is 0 Å². The zero-order chi connectivity index (χ0) is 12.2. The lowest BCUT2D eigenvalue weighted by Crippen LogP contribution is -2.30. The molecular formula is C12H16O4. The fraction of sp³-hybridized carbons (Fsp3) is 0.500. The summed E-state index contributed by atoms with van der Waals surface area (Å²) in [4.78, 5) is 21.6. The van der Waals surface area contributed by atoms with Crippen LogP contribution in [-0.2, 0) is 19.1 Å². The molecule has 88 valence electrons. The van der Waals surface area contributed by atoms with Gasteiger partial charge in [0.1, 0.15) is 12.0 Å². The lowest BCUT2D eigenvalue weighted by molar-refractivity contribution is -0.140. The number of carbonyl (C=O) groups is 2. The van der Waals surface area contributed by atoms with Crippen molar-refractivity contribution in [3.63, 3.8) is 0 Å². The van der Waals surface area contributed by atoms with E-state index in [0.29, 0.717) is 24.2 Å². The van der Waals surface area contributed by atoms with Crippen molar-refractivity contribution in [2.24, 2.45) is 0 Å². The zero-order valence-corrected chi connectivity index (χ0v) is 9.78. The van der Waals surface area contributed by atoms with Crippen molar-refractivity contribution in [1.29, 1.82) is 0 Å². The van der Waals surface area contributed by atoms with Gasteiger partial charge < -0.3 is 9.47 Å². The Hall–Kier alpha value is -1.58. The number of aldehydes is 1. The number of hydrogen-bond acceptors (Lipinski definition) is 4. The number of hydrogen-bond donors (Lipinski definition) is 0. The van der Waals surface area contributed by atoms with Gasteiger partial charge in [0.15, 0.2) is 5.60 Å². The van der Waals surface area contributed by atoms with Crippen LogP contribution in [0.4, 0.5) is 0 Å². The first-order valence-electron chi connectivity index (χ1n) is 5.23. The molecule has 4 nitrogen and oxygen atoms in total. The van der Waals surface area contributed by atoms with Gasteiger partial charge in [-0.1, -0.05) is 6.92 Å². The highest BCUT2D eigenvalue weighted by atomic mass is 16.6. The normalized spacial score (nSPS) is 24.7. The van der Waals surface area contributed by atoms with E-state index in [1.807, 2.05) is 13.8 Å². The van der Waals surface area contributed by atoms with Gasteiger partial charge in [0.05, 0.1) is 6.26 Å². The van der Waals surface area contributed by atoms with Crippen LogP contribution in [0.2, 0.25) is 0 Å². The van der Waals surface area contributed by atoms with Crippen molar-refractivity contribution in [1.82, 2.24) is 0 Å². The number of ether oxygens (including phenoxy) is 2. The first-order chi connectivity index (χ1) is 7.51. The quantitative estimate of drug-likeness (QED) is 0.544. The Kier molecular flexibility index (Phi) is 3.88. The van der Waals surface area contributed by atoms with Gasteiger partial charge in [-0.05, 0) is 19.4 Å². The maximum Gasteiger partial charge on any atom is 0.307 e. The first-order valence-corrected chi connectivity index (χ1v) is 5.23.